The molecule has 2 fully saturated rings. The average molecular weight is 448 g/mol. The van der Waals surface area contributed by atoms with Crippen LogP contribution in [0.4, 0.5) is 0 Å². The third-order valence-electron chi connectivity index (χ3n) is 5.30. The number of nitrogens with zero attached hydrogens (tertiary/aromatic N) is 1. The maximum atomic E-state index is 13.2. The van der Waals surface area contributed by atoms with Gasteiger partial charge in [-0.05, 0) is 48.2 Å². The summed E-state index contributed by atoms with van der Waals surface area (Å²) in [5, 5.41) is 10.3. The average Bonchev–Trinajstić information content (AvgIpc) is 3.54. The Bertz CT molecular complexity index is 989. The van der Waals surface area contributed by atoms with E-state index in [1.807, 2.05) is 0 Å². The fraction of sp³-hybridized carbons (Fsp3) is 0.318. The summed E-state index contributed by atoms with van der Waals surface area (Å²) in [6.45, 7) is 0. The normalized spacial score (nSPS) is 24.0. The number of hydrogen-bond acceptors (Lipinski definition) is 4. The Balaban J connectivity index is 1.84. The van der Waals surface area contributed by atoms with Crippen molar-refractivity contribution in [1.82, 2.24) is 4.90 Å². The van der Waals surface area contributed by atoms with Gasteiger partial charge in [0.2, 0.25) is 5.91 Å². The van der Waals surface area contributed by atoms with Crippen LogP contribution in [0.15, 0.2) is 48.5 Å². The van der Waals surface area contributed by atoms with Crippen molar-refractivity contribution in [3.8, 4) is 0 Å². The zero-order chi connectivity index (χ0) is 21.4. The maximum Gasteiger partial charge on any atom is 0.306 e. The Hall–Kier alpha value is -2.41. The second-order valence-corrected chi connectivity index (χ2v) is 8.39. The lowest BCUT2D eigenvalue weighted by atomic mass is 9.90. The second-order valence-electron chi connectivity index (χ2n) is 7.52. The van der Waals surface area contributed by atoms with Gasteiger partial charge in [-0.3, -0.25) is 19.3 Å². The molecule has 4 rings (SSSR count). The van der Waals surface area contributed by atoms with Crippen molar-refractivity contribution in [3.63, 3.8) is 0 Å². The molecule has 0 radical (unpaired) electrons. The zero-order valence-corrected chi connectivity index (χ0v) is 17.3. The molecule has 2 amide bonds. The number of carbonyl (C=O) groups is 3. The summed E-state index contributed by atoms with van der Waals surface area (Å²) >= 11 is 12.2. The molecule has 2 aromatic rings. The summed E-state index contributed by atoms with van der Waals surface area (Å²) in [7, 11) is 0. The van der Waals surface area contributed by atoms with E-state index in [9.17, 15) is 19.5 Å². The molecule has 1 heterocycles. The summed E-state index contributed by atoms with van der Waals surface area (Å²) in [4.78, 5) is 38.9. The van der Waals surface area contributed by atoms with E-state index in [0.717, 1.165) is 0 Å². The first-order valence-corrected chi connectivity index (χ1v) is 10.4. The van der Waals surface area contributed by atoms with E-state index in [2.05, 4.69) is 0 Å². The van der Waals surface area contributed by atoms with Gasteiger partial charge < -0.3 is 9.84 Å². The highest BCUT2D eigenvalue weighted by Crippen LogP contribution is 2.45. The van der Waals surface area contributed by atoms with Gasteiger partial charge in [-0.15, -0.1) is 0 Å². The lowest BCUT2D eigenvalue weighted by Gasteiger charge is -2.43. The lowest BCUT2D eigenvalue weighted by molar-refractivity contribution is -0.184. The van der Waals surface area contributed by atoms with Crippen LogP contribution >= 0.6 is 23.2 Å². The number of carboxylic acid groups (broad SMARTS) is 1. The first-order valence-electron chi connectivity index (χ1n) is 9.60. The van der Waals surface area contributed by atoms with Crippen LogP contribution in [0.25, 0.3) is 0 Å². The van der Waals surface area contributed by atoms with Crippen LogP contribution in [0, 0.1) is 5.92 Å². The molecule has 0 bridgehead atoms. The molecular formula is C22H19Cl2NO5. The van der Waals surface area contributed by atoms with Gasteiger partial charge in [-0.2, -0.15) is 0 Å². The summed E-state index contributed by atoms with van der Waals surface area (Å²) in [5.74, 6) is -2.34. The number of amides is 2. The predicted octanol–water partition coefficient (Wildman–Crippen LogP) is 4.41. The Morgan fingerprint density at radius 1 is 1.03 bits per heavy atom. The number of rotatable bonds is 5. The van der Waals surface area contributed by atoms with Crippen LogP contribution in [-0.4, -0.2) is 33.9 Å². The monoisotopic (exact) mass is 447 g/mol. The molecule has 0 aromatic heterocycles. The Kier molecular flexibility index (Phi) is 5.82. The highest BCUT2D eigenvalue weighted by molar-refractivity contribution is 6.30. The SMILES string of the molecule is O=C(O)C[C@H]1O[C@H](c2cccc(Cl)c2)[C@H](c2ccc(Cl)cc2)N(C(=O)C2CC2)C1=O. The fourth-order valence-corrected chi connectivity index (χ4v) is 4.06. The molecule has 3 atom stereocenters. The largest absolute Gasteiger partial charge is 0.481 e. The topological polar surface area (TPSA) is 83.9 Å². The Labute approximate surface area is 183 Å². The third-order valence-corrected chi connectivity index (χ3v) is 5.79. The number of ether oxygens (including phenoxy) is 1. The van der Waals surface area contributed by atoms with Gasteiger partial charge in [0, 0.05) is 16.0 Å². The van der Waals surface area contributed by atoms with E-state index in [0.29, 0.717) is 34.0 Å². The van der Waals surface area contributed by atoms with E-state index in [1.165, 1.54) is 4.90 Å². The number of benzene rings is 2. The molecule has 1 saturated heterocycles. The van der Waals surface area contributed by atoms with Gasteiger partial charge >= 0.3 is 5.97 Å². The van der Waals surface area contributed by atoms with E-state index in [-0.39, 0.29) is 11.8 Å². The van der Waals surface area contributed by atoms with Gasteiger partial charge in [0.05, 0.1) is 12.5 Å². The number of imide groups is 1. The predicted molar refractivity (Wildman–Crippen MR) is 110 cm³/mol. The Morgan fingerprint density at radius 3 is 2.33 bits per heavy atom. The molecule has 2 aromatic carbocycles. The van der Waals surface area contributed by atoms with Crippen molar-refractivity contribution in [2.24, 2.45) is 5.92 Å². The van der Waals surface area contributed by atoms with Gasteiger partial charge in [0.1, 0.15) is 12.2 Å². The molecule has 0 unspecified atom stereocenters. The van der Waals surface area contributed by atoms with E-state index in [1.54, 1.807) is 48.5 Å². The van der Waals surface area contributed by atoms with Gasteiger partial charge in [-0.25, -0.2) is 0 Å². The van der Waals surface area contributed by atoms with Crippen LogP contribution in [-0.2, 0) is 19.1 Å². The van der Waals surface area contributed by atoms with Crippen LogP contribution < -0.4 is 0 Å². The van der Waals surface area contributed by atoms with E-state index < -0.39 is 36.5 Å². The fourth-order valence-electron chi connectivity index (χ4n) is 3.73. The Morgan fingerprint density at radius 2 is 1.73 bits per heavy atom. The molecule has 1 saturated carbocycles. The summed E-state index contributed by atoms with van der Waals surface area (Å²) < 4.78 is 6.01. The van der Waals surface area contributed by atoms with Gasteiger partial charge in [0.15, 0.2) is 0 Å². The first kappa shape index (κ1) is 20.8. The van der Waals surface area contributed by atoms with E-state index >= 15 is 0 Å². The van der Waals surface area contributed by atoms with E-state index in [4.69, 9.17) is 27.9 Å². The number of aliphatic carboxylic acids is 1. The number of hydrogen-bond donors (Lipinski definition) is 1. The smallest absolute Gasteiger partial charge is 0.306 e. The highest BCUT2D eigenvalue weighted by atomic mass is 35.5. The maximum absolute atomic E-state index is 13.2. The molecule has 156 valence electrons. The number of carboxylic acids is 1. The first-order chi connectivity index (χ1) is 14.3. The highest BCUT2D eigenvalue weighted by Gasteiger charge is 2.50. The van der Waals surface area contributed by atoms with Crippen LogP contribution in [0.5, 0.6) is 0 Å². The molecule has 8 heteroatoms. The zero-order valence-electron chi connectivity index (χ0n) is 15.8. The molecule has 6 nitrogen and oxygen atoms in total. The quantitative estimate of drug-likeness (QED) is 0.685. The molecular weight excluding hydrogens is 429 g/mol. The summed E-state index contributed by atoms with van der Waals surface area (Å²) in [6, 6.07) is 13.0. The second kappa shape index (κ2) is 8.38. The van der Waals surface area contributed by atoms with Crippen LogP contribution in [0.3, 0.4) is 0 Å². The molecule has 1 N–H and O–H groups in total. The van der Waals surface area contributed by atoms with Crippen molar-refractivity contribution < 1.29 is 24.2 Å². The molecule has 0 spiro atoms. The standard InChI is InChI=1S/C22H19Cl2NO5/c23-15-8-6-12(7-9-15)19-20(14-2-1-3-16(24)10-14)30-17(11-18(26)27)22(29)25(19)21(28)13-4-5-13/h1-3,6-10,13,17,19-20H,4-5,11H2,(H,26,27)/t17-,19+,20-/m1/s1. The van der Waals surface area contributed by atoms with Crippen LogP contribution in [0.1, 0.15) is 42.5 Å². The molecule has 30 heavy (non-hydrogen) atoms. The minimum Gasteiger partial charge on any atom is -0.481 e. The molecule has 1 aliphatic heterocycles. The van der Waals surface area contributed by atoms with Crippen molar-refractivity contribution >= 4 is 41.0 Å². The summed E-state index contributed by atoms with van der Waals surface area (Å²) in [5.41, 5.74) is 1.32. The van der Waals surface area contributed by atoms with Crippen LogP contribution in [0.2, 0.25) is 10.0 Å². The molecule has 2 aliphatic rings. The lowest BCUT2D eigenvalue weighted by Crippen LogP contribution is -2.54. The summed E-state index contributed by atoms with van der Waals surface area (Å²) in [6.07, 6.45) is -1.14. The van der Waals surface area contributed by atoms with Crippen molar-refractivity contribution in [2.45, 2.75) is 37.5 Å². The third kappa shape index (κ3) is 4.21. The minimum absolute atomic E-state index is 0.229. The van der Waals surface area contributed by atoms with Crippen molar-refractivity contribution in [2.75, 3.05) is 0 Å². The van der Waals surface area contributed by atoms with Crippen molar-refractivity contribution in [1.29, 1.82) is 0 Å². The van der Waals surface area contributed by atoms with Gasteiger partial charge in [0.25, 0.3) is 5.91 Å². The van der Waals surface area contributed by atoms with Crippen molar-refractivity contribution in [3.05, 3.63) is 69.7 Å². The number of morpholine rings is 1. The van der Waals surface area contributed by atoms with Gasteiger partial charge in [-0.1, -0.05) is 47.5 Å². The number of carbonyl (C=O) groups excluding carboxylic acids is 2. The minimum atomic E-state index is -1.27. The molecule has 1 aliphatic carbocycles. The number of halogens is 2.